The summed E-state index contributed by atoms with van der Waals surface area (Å²) in [6, 6.07) is 3.29. The van der Waals surface area contributed by atoms with Gasteiger partial charge in [-0.2, -0.15) is 0 Å². The van der Waals surface area contributed by atoms with Crippen molar-refractivity contribution in [3.8, 4) is 11.5 Å². The summed E-state index contributed by atoms with van der Waals surface area (Å²) in [5.41, 5.74) is 0.615. The number of nitrogens with zero attached hydrogens (tertiary/aromatic N) is 2. The molecule has 0 aliphatic carbocycles. The van der Waals surface area contributed by atoms with Crippen molar-refractivity contribution in [1.82, 2.24) is 9.80 Å². The van der Waals surface area contributed by atoms with E-state index in [1.807, 2.05) is 0 Å². The van der Waals surface area contributed by atoms with Crippen LogP contribution in [0.1, 0.15) is 19.4 Å². The topological polar surface area (TPSA) is 85.4 Å². The van der Waals surface area contributed by atoms with Gasteiger partial charge in [-0.1, -0.05) is 11.6 Å². The highest BCUT2D eigenvalue weighted by Gasteiger charge is 2.27. The minimum atomic E-state index is -0.926. The van der Waals surface area contributed by atoms with Gasteiger partial charge in [0.05, 0.1) is 19.2 Å². The molecule has 1 heterocycles. The zero-order chi connectivity index (χ0) is 21.6. The van der Waals surface area contributed by atoms with Crippen LogP contribution in [0.5, 0.6) is 11.5 Å². The Kier molecular flexibility index (Phi) is 7.90. The molecule has 0 spiro atoms. The maximum atomic E-state index is 12.5. The van der Waals surface area contributed by atoms with Gasteiger partial charge in [-0.25, -0.2) is 4.79 Å². The van der Waals surface area contributed by atoms with Crippen LogP contribution in [-0.4, -0.2) is 74.1 Å². The maximum Gasteiger partial charge on any atom is 0.331 e. The third-order valence-electron chi connectivity index (χ3n) is 4.55. The van der Waals surface area contributed by atoms with Crippen molar-refractivity contribution >= 4 is 35.5 Å². The first-order valence-corrected chi connectivity index (χ1v) is 9.49. The average Bonchev–Trinajstić information content (AvgIpc) is 2.71. The van der Waals surface area contributed by atoms with Crippen molar-refractivity contribution in [3.63, 3.8) is 0 Å². The SMILES string of the molecule is COc1cc(/C=C/C(=O)OC(C)C(=O)N2CCN(C(C)=O)CC2)cc(Cl)c1OC. The van der Waals surface area contributed by atoms with E-state index in [9.17, 15) is 14.4 Å². The van der Waals surface area contributed by atoms with Crippen LogP contribution in [0.25, 0.3) is 6.08 Å². The molecule has 1 aliphatic heterocycles. The zero-order valence-corrected chi connectivity index (χ0v) is 17.7. The lowest BCUT2D eigenvalue weighted by atomic mass is 10.2. The second-order valence-corrected chi connectivity index (χ2v) is 6.89. The summed E-state index contributed by atoms with van der Waals surface area (Å²) in [5, 5.41) is 0.341. The molecule has 1 unspecified atom stereocenters. The number of carbonyl (C=O) groups excluding carboxylic acids is 3. The van der Waals surface area contributed by atoms with E-state index in [0.717, 1.165) is 0 Å². The lowest BCUT2D eigenvalue weighted by Crippen LogP contribution is -2.52. The number of benzene rings is 1. The number of piperazine rings is 1. The van der Waals surface area contributed by atoms with E-state index >= 15 is 0 Å². The molecule has 2 amide bonds. The monoisotopic (exact) mass is 424 g/mol. The van der Waals surface area contributed by atoms with Gasteiger partial charge in [0.2, 0.25) is 5.91 Å². The van der Waals surface area contributed by atoms with Gasteiger partial charge >= 0.3 is 5.97 Å². The average molecular weight is 425 g/mol. The molecule has 0 saturated carbocycles. The fourth-order valence-corrected chi connectivity index (χ4v) is 3.26. The standard InChI is InChI=1S/C20H25ClN2O6/c1-13(20(26)23-9-7-22(8-10-23)14(2)24)29-18(25)6-5-15-11-16(21)19(28-4)17(12-15)27-3/h5-6,11-13H,7-10H2,1-4H3/b6-5+. The summed E-state index contributed by atoms with van der Waals surface area (Å²) in [6.07, 6.45) is 1.80. The summed E-state index contributed by atoms with van der Waals surface area (Å²) in [6.45, 7) is 4.81. The number of hydrogen-bond acceptors (Lipinski definition) is 6. The Morgan fingerprint density at radius 2 is 1.69 bits per heavy atom. The largest absolute Gasteiger partial charge is 0.493 e. The van der Waals surface area contributed by atoms with Crippen molar-refractivity contribution in [2.75, 3.05) is 40.4 Å². The molecule has 1 aliphatic rings. The van der Waals surface area contributed by atoms with E-state index < -0.39 is 12.1 Å². The first-order valence-electron chi connectivity index (χ1n) is 9.11. The summed E-state index contributed by atoms with van der Waals surface area (Å²) in [7, 11) is 2.97. The summed E-state index contributed by atoms with van der Waals surface area (Å²) < 4.78 is 15.6. The van der Waals surface area contributed by atoms with E-state index in [1.165, 1.54) is 40.2 Å². The molecular weight excluding hydrogens is 400 g/mol. The fourth-order valence-electron chi connectivity index (χ4n) is 2.96. The van der Waals surface area contributed by atoms with Gasteiger partial charge < -0.3 is 24.0 Å². The van der Waals surface area contributed by atoms with Crippen LogP contribution in [0.2, 0.25) is 5.02 Å². The van der Waals surface area contributed by atoms with E-state index in [4.69, 9.17) is 25.8 Å². The number of hydrogen-bond donors (Lipinski definition) is 0. The fraction of sp³-hybridized carbons (Fsp3) is 0.450. The Labute approximate surface area is 174 Å². The second-order valence-electron chi connectivity index (χ2n) is 6.48. The van der Waals surface area contributed by atoms with Crippen molar-refractivity contribution in [2.45, 2.75) is 20.0 Å². The zero-order valence-electron chi connectivity index (χ0n) is 16.9. The van der Waals surface area contributed by atoms with E-state index in [2.05, 4.69) is 0 Å². The van der Waals surface area contributed by atoms with Crippen molar-refractivity contribution < 1.29 is 28.6 Å². The van der Waals surface area contributed by atoms with Gasteiger partial charge in [-0.3, -0.25) is 9.59 Å². The van der Waals surface area contributed by atoms with Crippen LogP contribution in [0.3, 0.4) is 0 Å². The first kappa shape index (κ1) is 22.5. The summed E-state index contributed by atoms with van der Waals surface area (Å²) >= 11 is 6.14. The third-order valence-corrected chi connectivity index (χ3v) is 4.83. The molecular formula is C20H25ClN2O6. The molecule has 1 atom stereocenters. The Bertz CT molecular complexity index is 802. The van der Waals surface area contributed by atoms with E-state index in [0.29, 0.717) is 48.3 Å². The molecule has 1 fully saturated rings. The van der Waals surface area contributed by atoms with Gasteiger partial charge in [0, 0.05) is 39.2 Å². The van der Waals surface area contributed by atoms with Crippen LogP contribution in [-0.2, 0) is 19.1 Å². The number of ether oxygens (including phenoxy) is 3. The lowest BCUT2D eigenvalue weighted by molar-refractivity contribution is -0.156. The van der Waals surface area contributed by atoms with Crippen molar-refractivity contribution in [1.29, 1.82) is 0 Å². The van der Waals surface area contributed by atoms with Crippen LogP contribution in [0.4, 0.5) is 0 Å². The molecule has 0 radical (unpaired) electrons. The van der Waals surface area contributed by atoms with Crippen LogP contribution < -0.4 is 9.47 Å². The Morgan fingerprint density at radius 3 is 2.24 bits per heavy atom. The number of rotatable bonds is 6. The summed E-state index contributed by atoms with van der Waals surface area (Å²) in [5.74, 6) is -0.125. The maximum absolute atomic E-state index is 12.5. The van der Waals surface area contributed by atoms with E-state index in [-0.39, 0.29) is 11.8 Å². The van der Waals surface area contributed by atoms with Crippen LogP contribution in [0.15, 0.2) is 18.2 Å². The second kappa shape index (κ2) is 10.2. The predicted molar refractivity (Wildman–Crippen MR) is 108 cm³/mol. The quantitative estimate of drug-likeness (QED) is 0.513. The summed E-state index contributed by atoms with van der Waals surface area (Å²) in [4.78, 5) is 39.2. The molecule has 0 bridgehead atoms. The highest BCUT2D eigenvalue weighted by atomic mass is 35.5. The van der Waals surface area contributed by atoms with Crippen molar-refractivity contribution in [3.05, 3.63) is 28.8 Å². The Morgan fingerprint density at radius 1 is 1.07 bits per heavy atom. The predicted octanol–water partition coefficient (Wildman–Crippen LogP) is 1.99. The Balaban J connectivity index is 1.94. The first-order chi connectivity index (χ1) is 13.8. The van der Waals surface area contributed by atoms with Crippen LogP contribution in [0, 0.1) is 0 Å². The number of methoxy groups -OCH3 is 2. The van der Waals surface area contributed by atoms with Crippen LogP contribution >= 0.6 is 11.6 Å². The van der Waals surface area contributed by atoms with E-state index in [1.54, 1.807) is 21.9 Å². The number of esters is 1. The Hall–Kier alpha value is -2.74. The van der Waals surface area contributed by atoms with Gasteiger partial charge in [0.25, 0.3) is 5.91 Å². The van der Waals surface area contributed by atoms with Crippen molar-refractivity contribution in [2.24, 2.45) is 0 Å². The van der Waals surface area contributed by atoms with Gasteiger partial charge in [-0.15, -0.1) is 0 Å². The molecule has 1 saturated heterocycles. The molecule has 0 N–H and O–H groups in total. The number of halogens is 1. The molecule has 2 rings (SSSR count). The van der Waals surface area contributed by atoms with Gasteiger partial charge in [-0.05, 0) is 30.7 Å². The molecule has 29 heavy (non-hydrogen) atoms. The molecule has 158 valence electrons. The molecule has 9 heteroatoms. The number of amides is 2. The number of carbonyl (C=O) groups is 3. The highest BCUT2D eigenvalue weighted by Crippen LogP contribution is 2.36. The molecule has 1 aromatic rings. The minimum Gasteiger partial charge on any atom is -0.493 e. The molecule has 0 aromatic heterocycles. The smallest absolute Gasteiger partial charge is 0.331 e. The lowest BCUT2D eigenvalue weighted by Gasteiger charge is -2.35. The van der Waals surface area contributed by atoms with Gasteiger partial charge in [0.1, 0.15) is 0 Å². The molecule has 8 nitrogen and oxygen atoms in total. The molecule has 1 aromatic carbocycles. The normalized spacial score (nSPS) is 15.2. The highest BCUT2D eigenvalue weighted by molar-refractivity contribution is 6.32. The third kappa shape index (κ3) is 5.87. The minimum absolute atomic E-state index is 0.0167. The van der Waals surface area contributed by atoms with Gasteiger partial charge in [0.15, 0.2) is 17.6 Å².